The highest BCUT2D eigenvalue weighted by atomic mass is 16.8. The number of carbonyl (C=O) groups is 4. The molecule has 0 aliphatic rings. The van der Waals surface area contributed by atoms with Crippen molar-refractivity contribution in [1.82, 2.24) is 10.3 Å². The van der Waals surface area contributed by atoms with E-state index in [9.17, 15) is 19.2 Å². The maximum Gasteiger partial charge on any atom is 0.519 e. The first-order chi connectivity index (χ1) is 20.4. The first kappa shape index (κ1) is 35.8. The van der Waals surface area contributed by atoms with Gasteiger partial charge < -0.3 is 19.5 Å². The van der Waals surface area contributed by atoms with Crippen molar-refractivity contribution in [3.8, 4) is 0 Å². The van der Waals surface area contributed by atoms with Crippen LogP contribution in [0.5, 0.6) is 0 Å². The summed E-state index contributed by atoms with van der Waals surface area (Å²) in [4.78, 5) is 51.2. The Labute approximate surface area is 249 Å². The van der Waals surface area contributed by atoms with Crippen molar-refractivity contribution >= 4 is 24.0 Å². The Bertz CT molecular complexity index is 1080. The van der Waals surface area contributed by atoms with E-state index in [2.05, 4.69) is 70.6 Å². The number of rotatable bonds is 20. The molecule has 1 aromatic rings. The second kappa shape index (κ2) is 24.5. The fourth-order valence-electron chi connectivity index (χ4n) is 3.34. The Hall–Kier alpha value is -4.27. The van der Waals surface area contributed by atoms with Crippen molar-refractivity contribution in [2.24, 2.45) is 0 Å². The van der Waals surface area contributed by atoms with E-state index in [1.807, 2.05) is 12.2 Å². The third kappa shape index (κ3) is 20.6. The summed E-state index contributed by atoms with van der Waals surface area (Å²) >= 11 is 0. The molecule has 0 radical (unpaired) electrons. The smallest absolute Gasteiger partial charge is 0.425 e. The van der Waals surface area contributed by atoms with E-state index in [0.717, 1.165) is 38.5 Å². The maximum atomic E-state index is 11.9. The molecule has 1 aromatic heterocycles. The fourth-order valence-corrected chi connectivity index (χ4v) is 3.34. The number of carbonyl (C=O) groups excluding carboxylic acids is 4. The van der Waals surface area contributed by atoms with E-state index < -0.39 is 24.4 Å². The molecular weight excluding hydrogens is 536 g/mol. The number of esters is 2. The molecule has 1 heterocycles. The van der Waals surface area contributed by atoms with Gasteiger partial charge in [-0.25, -0.2) is 4.79 Å². The van der Waals surface area contributed by atoms with E-state index in [0.29, 0.717) is 12.0 Å². The quantitative estimate of drug-likeness (QED) is 0.0571. The Morgan fingerprint density at radius 1 is 0.810 bits per heavy atom. The molecule has 9 nitrogen and oxygen atoms in total. The minimum absolute atomic E-state index is 0.105. The number of ether oxygens (including phenoxy) is 3. The molecule has 0 spiro atoms. The lowest BCUT2D eigenvalue weighted by atomic mass is 10.2. The zero-order valence-electron chi connectivity index (χ0n) is 24.7. The molecule has 9 heteroatoms. The van der Waals surface area contributed by atoms with Gasteiger partial charge in [-0.15, -0.1) is 0 Å². The van der Waals surface area contributed by atoms with Gasteiger partial charge in [0.2, 0.25) is 6.29 Å². The van der Waals surface area contributed by atoms with Gasteiger partial charge in [-0.05, 0) is 63.5 Å². The minimum atomic E-state index is -1.25. The number of hydrogen-bond acceptors (Lipinski definition) is 8. The SMILES string of the molecule is CC/C=C/C/C=C/C/C=C/C/C=C/C/C=C/CCCC(=O)OC(C)OC(=O)OC(=O)CCCNC(=O)c1cccnc1. The van der Waals surface area contributed by atoms with E-state index >= 15 is 0 Å². The number of amides is 1. The lowest BCUT2D eigenvalue weighted by Crippen LogP contribution is -2.26. The number of allylic oxidation sites excluding steroid dienone is 10. The Balaban J connectivity index is 2.05. The lowest BCUT2D eigenvalue weighted by Gasteiger charge is -2.13. The number of aromatic nitrogens is 1. The van der Waals surface area contributed by atoms with E-state index in [4.69, 9.17) is 9.47 Å². The van der Waals surface area contributed by atoms with Gasteiger partial charge in [0, 0.05) is 38.7 Å². The first-order valence-corrected chi connectivity index (χ1v) is 14.5. The highest BCUT2D eigenvalue weighted by molar-refractivity contribution is 5.93. The van der Waals surface area contributed by atoms with Crippen LogP contribution in [-0.2, 0) is 23.8 Å². The van der Waals surface area contributed by atoms with Gasteiger partial charge in [0.15, 0.2) is 0 Å². The van der Waals surface area contributed by atoms with Gasteiger partial charge >= 0.3 is 18.1 Å². The summed E-state index contributed by atoms with van der Waals surface area (Å²) in [5.74, 6) is -1.64. The monoisotopic (exact) mass is 580 g/mol. The molecule has 0 aliphatic heterocycles. The van der Waals surface area contributed by atoms with Crippen LogP contribution in [0.25, 0.3) is 0 Å². The standard InChI is InChI=1S/C33H44N2O7/c1-3-4-5-6-7-8-9-10-11-12-13-14-15-16-17-18-19-23-30(36)40-28(2)41-33(39)42-31(37)24-21-26-35-32(38)29-22-20-25-34-27-29/h4-5,7-8,10-11,13-14,16-17,20,22,25,27-28H,3,6,9,12,15,18-19,21,23-24,26H2,1-2H3,(H,35,38)/b5-4+,8-7+,11-10+,14-13+,17-16+. The Morgan fingerprint density at radius 3 is 2.00 bits per heavy atom. The summed E-state index contributed by atoms with van der Waals surface area (Å²) in [5.41, 5.74) is 0.404. The maximum absolute atomic E-state index is 11.9. The summed E-state index contributed by atoms with van der Waals surface area (Å²) in [6.07, 6.45) is 28.2. The second-order valence-electron chi connectivity index (χ2n) is 9.10. The summed E-state index contributed by atoms with van der Waals surface area (Å²) in [5, 5.41) is 2.64. The predicted molar refractivity (Wildman–Crippen MR) is 162 cm³/mol. The summed E-state index contributed by atoms with van der Waals surface area (Å²) in [6, 6.07) is 3.26. The van der Waals surface area contributed by atoms with Crippen molar-refractivity contribution in [1.29, 1.82) is 0 Å². The molecule has 0 aromatic carbocycles. The Morgan fingerprint density at radius 2 is 1.40 bits per heavy atom. The molecular formula is C33H44N2O7. The van der Waals surface area contributed by atoms with E-state index in [1.54, 1.807) is 18.3 Å². The number of pyridine rings is 1. The van der Waals surface area contributed by atoms with Crippen LogP contribution in [0.4, 0.5) is 4.79 Å². The molecule has 0 saturated heterocycles. The molecule has 0 fully saturated rings. The first-order valence-electron chi connectivity index (χ1n) is 14.5. The molecule has 1 atom stereocenters. The Kier molecular flexibility index (Phi) is 20.9. The lowest BCUT2D eigenvalue weighted by molar-refractivity contribution is -0.169. The summed E-state index contributed by atoms with van der Waals surface area (Å²) in [6.45, 7) is 3.71. The van der Waals surface area contributed by atoms with Crippen LogP contribution < -0.4 is 5.32 Å². The third-order valence-electron chi connectivity index (χ3n) is 5.43. The van der Waals surface area contributed by atoms with Crippen molar-refractivity contribution in [3.63, 3.8) is 0 Å². The summed E-state index contributed by atoms with van der Waals surface area (Å²) < 4.78 is 14.4. The van der Waals surface area contributed by atoms with Crippen molar-refractivity contribution in [2.75, 3.05) is 6.54 Å². The highest BCUT2D eigenvalue weighted by Crippen LogP contribution is 2.05. The zero-order chi connectivity index (χ0) is 30.7. The molecule has 228 valence electrons. The number of nitrogens with zero attached hydrogens (tertiary/aromatic N) is 1. The number of hydrogen-bond donors (Lipinski definition) is 1. The average Bonchev–Trinajstić information content (AvgIpc) is 2.97. The van der Waals surface area contributed by atoms with Gasteiger partial charge in [-0.3, -0.25) is 19.4 Å². The molecule has 0 bridgehead atoms. The van der Waals surface area contributed by atoms with Gasteiger partial charge in [0.25, 0.3) is 5.91 Å². The molecule has 1 amide bonds. The molecule has 1 rings (SSSR count). The van der Waals surface area contributed by atoms with Gasteiger partial charge in [0.05, 0.1) is 5.56 Å². The highest BCUT2D eigenvalue weighted by Gasteiger charge is 2.18. The fraction of sp³-hybridized carbons (Fsp3) is 0.424. The van der Waals surface area contributed by atoms with Crippen molar-refractivity contribution < 1.29 is 33.4 Å². The molecule has 0 saturated carbocycles. The molecule has 1 unspecified atom stereocenters. The van der Waals surface area contributed by atoms with Crippen molar-refractivity contribution in [3.05, 3.63) is 90.9 Å². The molecule has 42 heavy (non-hydrogen) atoms. The summed E-state index contributed by atoms with van der Waals surface area (Å²) in [7, 11) is 0. The van der Waals surface area contributed by atoms with Gasteiger partial charge in [-0.1, -0.05) is 67.7 Å². The van der Waals surface area contributed by atoms with Crippen LogP contribution in [-0.4, -0.2) is 41.8 Å². The van der Waals surface area contributed by atoms with E-state index in [1.165, 1.54) is 13.1 Å². The van der Waals surface area contributed by atoms with E-state index in [-0.39, 0.29) is 31.7 Å². The molecule has 0 aliphatic carbocycles. The van der Waals surface area contributed by atoms with Crippen LogP contribution in [0.15, 0.2) is 85.3 Å². The van der Waals surface area contributed by atoms with Crippen LogP contribution in [0.2, 0.25) is 0 Å². The second-order valence-corrected chi connectivity index (χ2v) is 9.10. The third-order valence-corrected chi connectivity index (χ3v) is 5.43. The number of unbranched alkanes of at least 4 members (excludes halogenated alkanes) is 1. The normalized spacial score (nSPS) is 12.4. The zero-order valence-corrected chi connectivity index (χ0v) is 24.7. The van der Waals surface area contributed by atoms with Crippen LogP contribution in [0.3, 0.4) is 0 Å². The van der Waals surface area contributed by atoms with Crippen molar-refractivity contribution in [2.45, 2.75) is 84.3 Å². The topological polar surface area (TPSA) is 121 Å². The number of nitrogens with one attached hydrogen (secondary N) is 1. The van der Waals surface area contributed by atoms with Crippen LogP contribution in [0.1, 0.15) is 88.4 Å². The minimum Gasteiger partial charge on any atom is -0.425 e. The van der Waals surface area contributed by atoms with Gasteiger partial charge in [0.1, 0.15) is 0 Å². The van der Waals surface area contributed by atoms with Gasteiger partial charge in [-0.2, -0.15) is 0 Å². The van der Waals surface area contributed by atoms with Crippen LogP contribution in [0, 0.1) is 0 Å². The average molecular weight is 581 g/mol. The van der Waals surface area contributed by atoms with Crippen LogP contribution >= 0.6 is 0 Å². The molecule has 1 N–H and O–H groups in total. The largest absolute Gasteiger partial charge is 0.519 e. The predicted octanol–water partition coefficient (Wildman–Crippen LogP) is 7.08.